The number of benzene rings is 2. The van der Waals surface area contributed by atoms with Crippen LogP contribution in [-0.4, -0.2) is 28.5 Å². The molecule has 4 nitrogen and oxygen atoms in total. The van der Waals surface area contributed by atoms with Gasteiger partial charge in [0.05, 0.1) is 0 Å². The molecule has 0 aliphatic rings. The molecule has 0 amide bonds. The highest BCUT2D eigenvalue weighted by atomic mass is 16.1. The van der Waals surface area contributed by atoms with Crippen LogP contribution in [0.2, 0.25) is 0 Å². The topological polar surface area (TPSA) is 49.0 Å². The minimum atomic E-state index is -0.0638. The van der Waals surface area contributed by atoms with Gasteiger partial charge in [0, 0.05) is 29.8 Å². The van der Waals surface area contributed by atoms with Gasteiger partial charge >= 0.3 is 0 Å². The van der Waals surface area contributed by atoms with Crippen LogP contribution in [0.15, 0.2) is 59.4 Å². The summed E-state index contributed by atoms with van der Waals surface area (Å²) in [7, 11) is 2.10. The predicted octanol–water partition coefficient (Wildman–Crippen LogP) is 3.79. The third kappa shape index (κ3) is 4.27. The molecule has 26 heavy (non-hydrogen) atoms. The maximum atomic E-state index is 12.6. The van der Waals surface area contributed by atoms with Gasteiger partial charge in [-0.1, -0.05) is 61.5 Å². The highest BCUT2D eigenvalue weighted by Crippen LogP contribution is 2.17. The highest BCUT2D eigenvalue weighted by molar-refractivity contribution is 5.55. The Morgan fingerprint density at radius 2 is 1.69 bits per heavy atom. The zero-order valence-corrected chi connectivity index (χ0v) is 15.6. The molecule has 1 aromatic heterocycles. The molecular formula is C22H25N3O. The molecule has 3 rings (SSSR count). The van der Waals surface area contributed by atoms with E-state index in [-0.39, 0.29) is 5.56 Å². The van der Waals surface area contributed by atoms with Crippen molar-refractivity contribution in [3.63, 3.8) is 0 Å². The molecule has 0 aliphatic carbocycles. The minimum Gasteiger partial charge on any atom is -0.306 e. The van der Waals surface area contributed by atoms with E-state index >= 15 is 0 Å². The van der Waals surface area contributed by atoms with Crippen molar-refractivity contribution < 1.29 is 0 Å². The Morgan fingerprint density at radius 1 is 1.00 bits per heavy atom. The minimum absolute atomic E-state index is 0.0638. The van der Waals surface area contributed by atoms with E-state index in [0.717, 1.165) is 35.5 Å². The van der Waals surface area contributed by atoms with Crippen LogP contribution in [0, 0.1) is 6.92 Å². The van der Waals surface area contributed by atoms with Crippen molar-refractivity contribution in [2.75, 3.05) is 13.6 Å². The van der Waals surface area contributed by atoms with Gasteiger partial charge in [-0.3, -0.25) is 4.79 Å². The Labute approximate surface area is 154 Å². The molecule has 0 unspecified atom stereocenters. The maximum Gasteiger partial charge on any atom is 0.254 e. The molecule has 1 heterocycles. The van der Waals surface area contributed by atoms with E-state index in [1.807, 2.05) is 49.4 Å². The summed E-state index contributed by atoms with van der Waals surface area (Å²) in [6.07, 6.45) is 0.595. The molecule has 0 atom stereocenters. The summed E-state index contributed by atoms with van der Waals surface area (Å²) in [5.74, 6) is 0.625. The standard InChI is InChI=1S/C22H25N3O/c1-4-25(3)15-18-10-12-19(13-11-18)21-23-16(2)20(22(26)24-21)14-17-8-6-5-7-9-17/h5-13H,4,14-15H2,1-3H3,(H,23,24,26). The van der Waals surface area contributed by atoms with Gasteiger partial charge in [-0.2, -0.15) is 0 Å². The summed E-state index contributed by atoms with van der Waals surface area (Å²) >= 11 is 0. The lowest BCUT2D eigenvalue weighted by molar-refractivity contribution is 0.346. The Balaban J connectivity index is 1.84. The van der Waals surface area contributed by atoms with Gasteiger partial charge in [0.25, 0.3) is 5.56 Å². The van der Waals surface area contributed by atoms with Crippen LogP contribution in [0.4, 0.5) is 0 Å². The van der Waals surface area contributed by atoms with Crippen LogP contribution in [0.25, 0.3) is 11.4 Å². The first kappa shape index (κ1) is 18.1. The van der Waals surface area contributed by atoms with Gasteiger partial charge in [-0.15, -0.1) is 0 Å². The van der Waals surface area contributed by atoms with E-state index < -0.39 is 0 Å². The third-order valence-electron chi connectivity index (χ3n) is 4.67. The molecule has 0 saturated heterocycles. The molecule has 0 spiro atoms. The lowest BCUT2D eigenvalue weighted by Gasteiger charge is -2.14. The second kappa shape index (κ2) is 8.11. The fourth-order valence-electron chi connectivity index (χ4n) is 2.95. The normalized spacial score (nSPS) is 11.1. The van der Waals surface area contributed by atoms with Crippen molar-refractivity contribution in [2.24, 2.45) is 0 Å². The molecule has 134 valence electrons. The van der Waals surface area contributed by atoms with E-state index in [9.17, 15) is 4.79 Å². The molecule has 0 bridgehead atoms. The quantitative estimate of drug-likeness (QED) is 0.738. The van der Waals surface area contributed by atoms with Crippen LogP contribution >= 0.6 is 0 Å². The van der Waals surface area contributed by atoms with Crippen LogP contribution in [-0.2, 0) is 13.0 Å². The molecule has 2 aromatic carbocycles. The van der Waals surface area contributed by atoms with E-state index in [1.165, 1.54) is 5.56 Å². The fourth-order valence-corrected chi connectivity index (χ4v) is 2.95. The van der Waals surface area contributed by atoms with Gasteiger partial charge in [-0.05, 0) is 31.6 Å². The van der Waals surface area contributed by atoms with Crippen LogP contribution in [0.3, 0.4) is 0 Å². The largest absolute Gasteiger partial charge is 0.306 e. The molecule has 1 N–H and O–H groups in total. The monoisotopic (exact) mass is 347 g/mol. The van der Waals surface area contributed by atoms with Gasteiger partial charge in [0.1, 0.15) is 5.82 Å². The summed E-state index contributed by atoms with van der Waals surface area (Å²) in [6, 6.07) is 18.2. The Morgan fingerprint density at radius 3 is 2.31 bits per heavy atom. The molecule has 3 aromatic rings. The first-order valence-corrected chi connectivity index (χ1v) is 8.98. The van der Waals surface area contributed by atoms with Crippen molar-refractivity contribution in [1.82, 2.24) is 14.9 Å². The number of aromatic nitrogens is 2. The second-order valence-corrected chi connectivity index (χ2v) is 6.67. The zero-order valence-electron chi connectivity index (χ0n) is 15.6. The molecule has 4 heteroatoms. The molecular weight excluding hydrogens is 322 g/mol. The first-order valence-electron chi connectivity index (χ1n) is 8.98. The number of aryl methyl sites for hydroxylation is 1. The number of hydrogen-bond acceptors (Lipinski definition) is 3. The van der Waals surface area contributed by atoms with Crippen molar-refractivity contribution in [2.45, 2.75) is 26.8 Å². The van der Waals surface area contributed by atoms with Crippen LogP contribution in [0.5, 0.6) is 0 Å². The average molecular weight is 347 g/mol. The Hall–Kier alpha value is -2.72. The van der Waals surface area contributed by atoms with E-state index in [0.29, 0.717) is 12.2 Å². The molecule has 0 fully saturated rings. The van der Waals surface area contributed by atoms with Gasteiger partial charge < -0.3 is 9.88 Å². The van der Waals surface area contributed by atoms with Crippen LogP contribution < -0.4 is 5.56 Å². The first-order chi connectivity index (χ1) is 12.6. The number of rotatable bonds is 6. The summed E-state index contributed by atoms with van der Waals surface area (Å²) in [6.45, 7) is 5.97. The van der Waals surface area contributed by atoms with Gasteiger partial charge in [0.2, 0.25) is 0 Å². The third-order valence-corrected chi connectivity index (χ3v) is 4.67. The molecule has 0 aliphatic heterocycles. The van der Waals surface area contributed by atoms with E-state index in [4.69, 9.17) is 0 Å². The second-order valence-electron chi connectivity index (χ2n) is 6.67. The summed E-state index contributed by atoms with van der Waals surface area (Å²) in [5, 5.41) is 0. The van der Waals surface area contributed by atoms with E-state index in [1.54, 1.807) is 0 Å². The average Bonchev–Trinajstić information content (AvgIpc) is 2.66. The fraction of sp³-hybridized carbons (Fsp3) is 0.273. The van der Waals surface area contributed by atoms with Crippen molar-refractivity contribution in [3.05, 3.63) is 87.3 Å². The number of H-pyrrole nitrogens is 1. The predicted molar refractivity (Wildman–Crippen MR) is 106 cm³/mol. The Kier molecular flexibility index (Phi) is 5.64. The van der Waals surface area contributed by atoms with Gasteiger partial charge in [-0.25, -0.2) is 4.98 Å². The SMILES string of the molecule is CCN(C)Cc1ccc(-c2nc(C)c(Cc3ccccc3)c(=O)[nH]2)cc1. The smallest absolute Gasteiger partial charge is 0.254 e. The lowest BCUT2D eigenvalue weighted by atomic mass is 10.0. The summed E-state index contributed by atoms with van der Waals surface area (Å²) < 4.78 is 0. The maximum absolute atomic E-state index is 12.6. The molecule has 0 radical (unpaired) electrons. The zero-order chi connectivity index (χ0) is 18.5. The molecule has 0 saturated carbocycles. The number of aromatic amines is 1. The van der Waals surface area contributed by atoms with E-state index in [2.05, 4.69) is 41.0 Å². The van der Waals surface area contributed by atoms with Crippen molar-refractivity contribution in [1.29, 1.82) is 0 Å². The summed E-state index contributed by atoms with van der Waals surface area (Å²) in [5.41, 5.74) is 4.73. The highest BCUT2D eigenvalue weighted by Gasteiger charge is 2.10. The number of nitrogens with zero attached hydrogens (tertiary/aromatic N) is 2. The van der Waals surface area contributed by atoms with Crippen LogP contribution in [0.1, 0.15) is 29.3 Å². The number of hydrogen-bond donors (Lipinski definition) is 1. The lowest BCUT2D eigenvalue weighted by Crippen LogP contribution is -2.18. The van der Waals surface area contributed by atoms with Gasteiger partial charge in [0.15, 0.2) is 0 Å². The Bertz CT molecular complexity index is 914. The number of nitrogens with one attached hydrogen (secondary N) is 1. The van der Waals surface area contributed by atoms with Crippen molar-refractivity contribution in [3.8, 4) is 11.4 Å². The van der Waals surface area contributed by atoms with Crippen molar-refractivity contribution >= 4 is 0 Å². The summed E-state index contributed by atoms with van der Waals surface area (Å²) in [4.78, 5) is 22.4.